The maximum absolute atomic E-state index is 12.3. The minimum Gasteiger partial charge on any atom is -0.468 e. The number of hydrogen-bond acceptors (Lipinski definition) is 4. The summed E-state index contributed by atoms with van der Waals surface area (Å²) in [5.41, 5.74) is 0.823. The highest BCUT2D eigenvalue weighted by molar-refractivity contribution is 6.01. The quantitative estimate of drug-likeness (QED) is 0.327. The molecule has 0 saturated heterocycles. The Labute approximate surface area is 132 Å². The molecular formula is C18H24O4. The fourth-order valence-corrected chi connectivity index (χ4v) is 3.01. The van der Waals surface area contributed by atoms with Crippen molar-refractivity contribution in [2.45, 2.75) is 26.2 Å². The lowest BCUT2D eigenvalue weighted by molar-refractivity contribution is -0.168. The summed E-state index contributed by atoms with van der Waals surface area (Å²) in [6, 6.07) is 0. The third-order valence-electron chi connectivity index (χ3n) is 4.14. The molecule has 4 heteroatoms. The number of allylic oxidation sites excluding steroid dienone is 6. The largest absolute Gasteiger partial charge is 0.468 e. The smallest absolute Gasteiger partial charge is 0.323 e. The lowest BCUT2D eigenvalue weighted by Gasteiger charge is -2.22. The summed E-state index contributed by atoms with van der Waals surface area (Å²) >= 11 is 0. The Balaban J connectivity index is 3.32. The highest BCUT2D eigenvalue weighted by Gasteiger charge is 2.55. The Morgan fingerprint density at radius 2 is 1.86 bits per heavy atom. The van der Waals surface area contributed by atoms with Crippen LogP contribution in [0.3, 0.4) is 0 Å². The van der Waals surface area contributed by atoms with Gasteiger partial charge in [0, 0.05) is 5.92 Å². The number of carbonyl (C=O) groups excluding carboxylic acids is 2. The van der Waals surface area contributed by atoms with Crippen LogP contribution in [0, 0.1) is 11.3 Å². The second kappa shape index (κ2) is 7.78. The molecule has 1 aliphatic carbocycles. The summed E-state index contributed by atoms with van der Waals surface area (Å²) < 4.78 is 9.75. The average molecular weight is 304 g/mol. The van der Waals surface area contributed by atoms with Crippen LogP contribution in [-0.4, -0.2) is 26.2 Å². The fourth-order valence-electron chi connectivity index (χ4n) is 3.01. The van der Waals surface area contributed by atoms with Gasteiger partial charge >= 0.3 is 11.9 Å². The molecule has 1 atom stereocenters. The lowest BCUT2D eigenvalue weighted by Crippen LogP contribution is -2.39. The summed E-state index contributed by atoms with van der Waals surface area (Å²) in [6.07, 6.45) is 8.76. The molecule has 0 amide bonds. The van der Waals surface area contributed by atoms with E-state index >= 15 is 0 Å². The van der Waals surface area contributed by atoms with Crippen LogP contribution in [0.2, 0.25) is 0 Å². The SMILES string of the molecule is C=C/C=C(/C)C1CC(C(=O)OC)(C(=O)OC)C/C1=C\CC=C. The molecule has 120 valence electrons. The molecule has 4 nitrogen and oxygen atoms in total. The Morgan fingerprint density at radius 3 is 2.32 bits per heavy atom. The number of hydrogen-bond donors (Lipinski definition) is 0. The van der Waals surface area contributed by atoms with Gasteiger partial charge in [-0.15, -0.1) is 6.58 Å². The second-order valence-corrected chi connectivity index (χ2v) is 5.45. The zero-order valence-electron chi connectivity index (χ0n) is 13.6. The summed E-state index contributed by atoms with van der Waals surface area (Å²) in [5.74, 6) is -1.09. The van der Waals surface area contributed by atoms with Gasteiger partial charge in [-0.05, 0) is 26.2 Å². The van der Waals surface area contributed by atoms with Gasteiger partial charge < -0.3 is 9.47 Å². The minimum atomic E-state index is -1.27. The van der Waals surface area contributed by atoms with Gasteiger partial charge in [-0.2, -0.15) is 0 Å². The Kier molecular flexibility index (Phi) is 6.35. The number of methoxy groups -OCH3 is 2. The average Bonchev–Trinajstić information content (AvgIpc) is 2.92. The maximum atomic E-state index is 12.3. The molecule has 0 aromatic heterocycles. The van der Waals surface area contributed by atoms with Crippen LogP contribution in [0.25, 0.3) is 0 Å². The normalized spacial score (nSPS) is 22.2. The van der Waals surface area contributed by atoms with E-state index in [0.29, 0.717) is 19.3 Å². The molecule has 0 heterocycles. The van der Waals surface area contributed by atoms with Crippen LogP contribution in [0.15, 0.2) is 48.6 Å². The molecule has 0 bridgehead atoms. The lowest BCUT2D eigenvalue weighted by atomic mass is 9.84. The van der Waals surface area contributed by atoms with Crippen molar-refractivity contribution in [1.82, 2.24) is 0 Å². The highest BCUT2D eigenvalue weighted by Crippen LogP contribution is 2.49. The van der Waals surface area contributed by atoms with Crippen molar-refractivity contribution in [2.75, 3.05) is 14.2 Å². The van der Waals surface area contributed by atoms with E-state index in [9.17, 15) is 9.59 Å². The summed E-state index contributed by atoms with van der Waals surface area (Å²) in [4.78, 5) is 24.5. The topological polar surface area (TPSA) is 52.6 Å². The molecule has 0 aromatic carbocycles. The third kappa shape index (κ3) is 3.38. The van der Waals surface area contributed by atoms with Crippen molar-refractivity contribution in [1.29, 1.82) is 0 Å². The zero-order valence-corrected chi connectivity index (χ0v) is 13.6. The highest BCUT2D eigenvalue weighted by atomic mass is 16.5. The number of ether oxygens (including phenoxy) is 2. The van der Waals surface area contributed by atoms with Gasteiger partial charge in [0.2, 0.25) is 0 Å². The van der Waals surface area contributed by atoms with E-state index in [1.165, 1.54) is 14.2 Å². The number of esters is 2. The fraction of sp³-hybridized carbons (Fsp3) is 0.444. The molecule has 0 aromatic rings. The van der Waals surface area contributed by atoms with E-state index in [1.807, 2.05) is 19.1 Å². The predicted molar refractivity (Wildman–Crippen MR) is 86.0 cm³/mol. The van der Waals surface area contributed by atoms with Gasteiger partial charge in [-0.3, -0.25) is 9.59 Å². The first-order valence-electron chi connectivity index (χ1n) is 7.22. The zero-order chi connectivity index (χ0) is 16.8. The van der Waals surface area contributed by atoms with Crippen molar-refractivity contribution in [3.05, 3.63) is 48.6 Å². The molecule has 1 aliphatic rings. The molecule has 0 radical (unpaired) electrons. The van der Waals surface area contributed by atoms with Crippen LogP contribution in [0.5, 0.6) is 0 Å². The van der Waals surface area contributed by atoms with Crippen LogP contribution in [0.1, 0.15) is 26.2 Å². The van der Waals surface area contributed by atoms with Crippen LogP contribution < -0.4 is 0 Å². The molecule has 1 rings (SSSR count). The van der Waals surface area contributed by atoms with Gasteiger partial charge in [-0.1, -0.05) is 42.0 Å². The van der Waals surface area contributed by atoms with Crippen LogP contribution in [-0.2, 0) is 19.1 Å². The molecule has 1 fully saturated rings. The molecule has 1 saturated carbocycles. The second-order valence-electron chi connectivity index (χ2n) is 5.45. The first kappa shape index (κ1) is 18.0. The van der Waals surface area contributed by atoms with E-state index < -0.39 is 17.4 Å². The molecule has 0 N–H and O–H groups in total. The van der Waals surface area contributed by atoms with Crippen LogP contribution >= 0.6 is 0 Å². The standard InChI is InChI=1S/C18H24O4/c1-6-8-10-14-11-18(16(19)21-4,17(20)22-5)12-15(14)13(3)9-7-2/h6-7,9-10,15H,1-2,8,11-12H2,3-5H3/b13-9-,14-10+. The van der Waals surface area contributed by atoms with Crippen molar-refractivity contribution in [2.24, 2.45) is 11.3 Å². The Morgan fingerprint density at radius 1 is 1.27 bits per heavy atom. The molecular weight excluding hydrogens is 280 g/mol. The van der Waals surface area contributed by atoms with Crippen LogP contribution in [0.4, 0.5) is 0 Å². The van der Waals surface area contributed by atoms with E-state index in [0.717, 1.165) is 11.1 Å². The van der Waals surface area contributed by atoms with Gasteiger partial charge in [0.15, 0.2) is 5.41 Å². The molecule has 0 spiro atoms. The van der Waals surface area contributed by atoms with Gasteiger partial charge in [-0.25, -0.2) is 0 Å². The monoisotopic (exact) mass is 304 g/mol. The van der Waals surface area contributed by atoms with E-state index in [2.05, 4.69) is 13.2 Å². The van der Waals surface area contributed by atoms with Gasteiger partial charge in [0.25, 0.3) is 0 Å². The van der Waals surface area contributed by atoms with Crippen molar-refractivity contribution in [3.63, 3.8) is 0 Å². The minimum absolute atomic E-state index is 0.00356. The van der Waals surface area contributed by atoms with Crippen molar-refractivity contribution >= 4 is 11.9 Å². The maximum Gasteiger partial charge on any atom is 0.323 e. The van der Waals surface area contributed by atoms with Crippen molar-refractivity contribution in [3.8, 4) is 0 Å². The molecule has 1 unspecified atom stereocenters. The van der Waals surface area contributed by atoms with E-state index in [4.69, 9.17) is 9.47 Å². The van der Waals surface area contributed by atoms with E-state index in [-0.39, 0.29) is 5.92 Å². The summed E-state index contributed by atoms with van der Waals surface area (Å²) in [7, 11) is 2.58. The first-order valence-corrected chi connectivity index (χ1v) is 7.22. The predicted octanol–water partition coefficient (Wildman–Crippen LogP) is 3.36. The summed E-state index contributed by atoms with van der Waals surface area (Å²) in [5, 5.41) is 0. The summed E-state index contributed by atoms with van der Waals surface area (Å²) in [6.45, 7) is 9.38. The van der Waals surface area contributed by atoms with Crippen molar-refractivity contribution < 1.29 is 19.1 Å². The number of rotatable bonds is 6. The first-order chi connectivity index (χ1) is 10.5. The van der Waals surface area contributed by atoms with E-state index in [1.54, 1.807) is 12.2 Å². The van der Waals surface area contributed by atoms with Gasteiger partial charge in [0.05, 0.1) is 14.2 Å². The molecule has 22 heavy (non-hydrogen) atoms. The van der Waals surface area contributed by atoms with Gasteiger partial charge in [0.1, 0.15) is 0 Å². The molecule has 0 aliphatic heterocycles. The Bertz CT molecular complexity index is 509. The number of carbonyl (C=O) groups is 2. The Hall–Kier alpha value is -2.10. The third-order valence-corrected chi connectivity index (χ3v) is 4.14.